The summed E-state index contributed by atoms with van der Waals surface area (Å²) in [6.07, 6.45) is 1.22. The van der Waals surface area contributed by atoms with Crippen molar-refractivity contribution in [2.24, 2.45) is 5.73 Å². The van der Waals surface area contributed by atoms with Crippen LogP contribution in [0.2, 0.25) is 0 Å². The Morgan fingerprint density at radius 1 is 1.05 bits per heavy atom. The molecule has 0 fully saturated rings. The van der Waals surface area contributed by atoms with Gasteiger partial charge < -0.3 is 20.4 Å². The Labute approximate surface area is 227 Å². The number of hydrogen-bond donors (Lipinski definition) is 3. The van der Waals surface area contributed by atoms with Crippen LogP contribution < -0.4 is 21.3 Å². The summed E-state index contributed by atoms with van der Waals surface area (Å²) in [5.74, 6) is -0.660. The molecule has 39 heavy (non-hydrogen) atoms. The number of nitrogens with one attached hydrogen (secondary N) is 2. The molecule has 0 radical (unpaired) electrons. The Morgan fingerprint density at radius 3 is 2.36 bits per heavy atom. The minimum atomic E-state index is -0.666. The SMILES string of the molecule is CCNCCN(C(=O)CNCC(=O)N(C)N1Cc2ccccc2C1)c1ccc(-c2nc(C(N)=O)co2)cc1C. The molecule has 0 saturated carbocycles. The van der Waals surface area contributed by atoms with E-state index in [0.29, 0.717) is 31.7 Å². The molecule has 2 heterocycles. The molecule has 4 rings (SSSR count). The number of amides is 3. The molecule has 3 aromatic rings. The number of hydrazine groups is 1. The fraction of sp³-hybridized carbons (Fsp3) is 0.357. The van der Waals surface area contributed by atoms with Gasteiger partial charge in [0, 0.05) is 44.5 Å². The standard InChI is InChI=1S/C28H35N7O4/c1-4-30-11-12-35(24-10-9-20(13-19(24)2)28-32-23(18-39-28)27(29)38)26(37)15-31-14-25(36)33(3)34-16-21-7-5-6-8-22(21)17-34/h5-10,13,18,30-31H,4,11-12,14-17H2,1-3H3,(H2,29,38). The molecule has 11 nitrogen and oxygen atoms in total. The fourth-order valence-electron chi connectivity index (χ4n) is 4.53. The molecule has 2 aromatic carbocycles. The maximum atomic E-state index is 13.3. The van der Waals surface area contributed by atoms with Crippen LogP contribution >= 0.6 is 0 Å². The van der Waals surface area contributed by atoms with Crippen LogP contribution in [0.3, 0.4) is 0 Å². The maximum absolute atomic E-state index is 13.3. The van der Waals surface area contributed by atoms with Crippen molar-refractivity contribution < 1.29 is 18.8 Å². The maximum Gasteiger partial charge on any atom is 0.270 e. The number of hydrogen-bond acceptors (Lipinski definition) is 8. The van der Waals surface area contributed by atoms with Crippen LogP contribution in [0.4, 0.5) is 5.69 Å². The number of anilines is 1. The van der Waals surface area contributed by atoms with Crippen molar-refractivity contribution in [2.45, 2.75) is 26.9 Å². The van der Waals surface area contributed by atoms with E-state index >= 15 is 0 Å². The Morgan fingerprint density at radius 2 is 1.74 bits per heavy atom. The first-order valence-electron chi connectivity index (χ1n) is 12.9. The number of carbonyl (C=O) groups excluding carboxylic acids is 3. The highest BCUT2D eigenvalue weighted by Crippen LogP contribution is 2.27. The number of primary amides is 1. The van der Waals surface area contributed by atoms with Gasteiger partial charge in [-0.25, -0.2) is 9.99 Å². The fourth-order valence-corrected chi connectivity index (χ4v) is 4.53. The molecule has 0 unspecified atom stereocenters. The molecule has 206 valence electrons. The van der Waals surface area contributed by atoms with Gasteiger partial charge in [-0.3, -0.25) is 24.7 Å². The largest absolute Gasteiger partial charge is 0.444 e. The van der Waals surface area contributed by atoms with E-state index in [9.17, 15) is 14.4 Å². The van der Waals surface area contributed by atoms with Crippen molar-refractivity contribution in [2.75, 3.05) is 44.7 Å². The average Bonchev–Trinajstić information content (AvgIpc) is 3.59. The van der Waals surface area contributed by atoms with Crippen LogP contribution in [0.25, 0.3) is 11.5 Å². The molecule has 0 saturated heterocycles. The summed E-state index contributed by atoms with van der Waals surface area (Å²) >= 11 is 0. The first-order chi connectivity index (χ1) is 18.8. The Balaban J connectivity index is 1.38. The molecule has 1 aromatic heterocycles. The summed E-state index contributed by atoms with van der Waals surface area (Å²) in [6.45, 7) is 7.17. The molecule has 1 aliphatic rings. The smallest absolute Gasteiger partial charge is 0.270 e. The van der Waals surface area contributed by atoms with Gasteiger partial charge in [0.15, 0.2) is 5.69 Å². The number of oxazole rings is 1. The normalized spacial score (nSPS) is 12.8. The third-order valence-electron chi connectivity index (χ3n) is 6.72. The van der Waals surface area contributed by atoms with Crippen molar-refractivity contribution in [1.82, 2.24) is 25.6 Å². The average molecular weight is 534 g/mol. The van der Waals surface area contributed by atoms with E-state index in [4.69, 9.17) is 10.2 Å². The van der Waals surface area contributed by atoms with Gasteiger partial charge >= 0.3 is 0 Å². The topological polar surface area (TPSA) is 137 Å². The zero-order valence-corrected chi connectivity index (χ0v) is 22.6. The number of nitrogens with two attached hydrogens (primary N) is 1. The summed E-state index contributed by atoms with van der Waals surface area (Å²) in [6, 6.07) is 13.6. The van der Waals surface area contributed by atoms with Gasteiger partial charge in [0.1, 0.15) is 6.26 Å². The minimum Gasteiger partial charge on any atom is -0.444 e. The van der Waals surface area contributed by atoms with E-state index in [2.05, 4.69) is 27.8 Å². The highest BCUT2D eigenvalue weighted by Gasteiger charge is 2.25. The number of rotatable bonds is 12. The molecule has 0 bridgehead atoms. The van der Waals surface area contributed by atoms with Crippen LogP contribution in [0.1, 0.15) is 34.1 Å². The second-order valence-corrected chi connectivity index (χ2v) is 9.41. The monoisotopic (exact) mass is 533 g/mol. The van der Waals surface area contributed by atoms with Crippen LogP contribution in [-0.4, -0.2) is 72.5 Å². The van der Waals surface area contributed by atoms with E-state index in [-0.39, 0.29) is 36.5 Å². The van der Waals surface area contributed by atoms with Gasteiger partial charge in [0.25, 0.3) is 11.8 Å². The molecule has 3 amide bonds. The molecule has 4 N–H and O–H groups in total. The molecule has 1 aliphatic heterocycles. The lowest BCUT2D eigenvalue weighted by Gasteiger charge is -2.28. The molecule has 0 spiro atoms. The lowest BCUT2D eigenvalue weighted by molar-refractivity contribution is -0.145. The summed E-state index contributed by atoms with van der Waals surface area (Å²) in [5.41, 5.74) is 9.99. The number of carbonyl (C=O) groups is 3. The molecule has 0 aliphatic carbocycles. The number of benzene rings is 2. The molecule has 0 atom stereocenters. The Hall–Kier alpha value is -4.06. The van der Waals surface area contributed by atoms with Crippen molar-refractivity contribution in [3.8, 4) is 11.5 Å². The predicted molar refractivity (Wildman–Crippen MR) is 147 cm³/mol. The van der Waals surface area contributed by atoms with E-state index in [1.807, 2.05) is 43.1 Å². The number of aromatic nitrogens is 1. The Kier molecular flexibility index (Phi) is 9.07. The lowest BCUT2D eigenvalue weighted by atomic mass is 10.1. The van der Waals surface area contributed by atoms with Gasteiger partial charge in [-0.2, -0.15) is 0 Å². The highest BCUT2D eigenvalue weighted by molar-refractivity contribution is 5.96. The van der Waals surface area contributed by atoms with Gasteiger partial charge in [0.2, 0.25) is 11.8 Å². The van der Waals surface area contributed by atoms with Crippen LogP contribution in [0.5, 0.6) is 0 Å². The summed E-state index contributed by atoms with van der Waals surface area (Å²) in [7, 11) is 1.76. The first kappa shape index (κ1) is 28.0. The molecular formula is C28H35N7O4. The number of fused-ring (bicyclic) bond motifs is 1. The van der Waals surface area contributed by atoms with Crippen molar-refractivity contribution in [3.05, 3.63) is 71.1 Å². The highest BCUT2D eigenvalue weighted by atomic mass is 16.3. The van der Waals surface area contributed by atoms with Crippen LogP contribution in [0, 0.1) is 6.92 Å². The van der Waals surface area contributed by atoms with Crippen molar-refractivity contribution in [1.29, 1.82) is 0 Å². The summed E-state index contributed by atoms with van der Waals surface area (Å²) in [4.78, 5) is 43.3. The van der Waals surface area contributed by atoms with E-state index < -0.39 is 5.91 Å². The zero-order valence-electron chi connectivity index (χ0n) is 22.6. The van der Waals surface area contributed by atoms with Crippen LogP contribution in [-0.2, 0) is 22.7 Å². The van der Waals surface area contributed by atoms with E-state index in [1.165, 1.54) is 17.4 Å². The molecule has 11 heteroatoms. The van der Waals surface area contributed by atoms with Gasteiger partial charge in [-0.15, -0.1) is 0 Å². The minimum absolute atomic E-state index is 0.00876. The number of aryl methyl sites for hydroxylation is 1. The summed E-state index contributed by atoms with van der Waals surface area (Å²) in [5, 5.41) is 9.89. The van der Waals surface area contributed by atoms with Gasteiger partial charge in [-0.1, -0.05) is 31.2 Å². The second-order valence-electron chi connectivity index (χ2n) is 9.41. The van der Waals surface area contributed by atoms with Gasteiger partial charge in [0.05, 0.1) is 13.1 Å². The third-order valence-corrected chi connectivity index (χ3v) is 6.72. The first-order valence-corrected chi connectivity index (χ1v) is 12.9. The zero-order chi connectivity index (χ0) is 27.9. The number of likely N-dealkylation sites (N-methyl/N-ethyl adjacent to an activating group) is 2. The number of nitrogens with zero attached hydrogens (tertiary/aromatic N) is 4. The second kappa shape index (κ2) is 12.7. The van der Waals surface area contributed by atoms with Crippen molar-refractivity contribution in [3.63, 3.8) is 0 Å². The quantitative estimate of drug-likeness (QED) is 0.299. The summed E-state index contributed by atoms with van der Waals surface area (Å²) < 4.78 is 5.39. The Bertz CT molecular complexity index is 1310. The van der Waals surface area contributed by atoms with E-state index in [0.717, 1.165) is 17.8 Å². The third kappa shape index (κ3) is 6.69. The van der Waals surface area contributed by atoms with Crippen LogP contribution in [0.15, 0.2) is 53.1 Å². The van der Waals surface area contributed by atoms with Gasteiger partial charge in [-0.05, 0) is 48.4 Å². The molecular weight excluding hydrogens is 498 g/mol. The predicted octanol–water partition coefficient (Wildman–Crippen LogP) is 1.67. The van der Waals surface area contributed by atoms with E-state index in [1.54, 1.807) is 23.0 Å². The lowest BCUT2D eigenvalue weighted by Crippen LogP contribution is -2.47. The van der Waals surface area contributed by atoms with Crippen molar-refractivity contribution >= 4 is 23.4 Å².